The summed E-state index contributed by atoms with van der Waals surface area (Å²) in [5.74, 6) is 0.823. The number of aryl methyl sites for hydroxylation is 1. The molecule has 2 aromatic rings. The van der Waals surface area contributed by atoms with Gasteiger partial charge in [-0.15, -0.1) is 0 Å². The number of anilines is 1. The molecule has 1 unspecified atom stereocenters. The zero-order valence-electron chi connectivity index (χ0n) is 14.2. The number of nitrogens with one attached hydrogen (secondary N) is 1. The van der Waals surface area contributed by atoms with Gasteiger partial charge in [-0.25, -0.2) is 4.98 Å². The maximum Gasteiger partial charge on any atom is 0.203 e. The van der Waals surface area contributed by atoms with Gasteiger partial charge >= 0.3 is 0 Å². The molecule has 0 aliphatic heterocycles. The zero-order chi connectivity index (χ0) is 16.3. The third-order valence-corrected chi connectivity index (χ3v) is 4.11. The molecule has 1 atom stereocenters. The van der Waals surface area contributed by atoms with E-state index in [1.807, 2.05) is 11.6 Å². The van der Waals surface area contributed by atoms with Crippen molar-refractivity contribution in [3.05, 3.63) is 23.3 Å². The van der Waals surface area contributed by atoms with Gasteiger partial charge in [0.25, 0.3) is 0 Å². The highest BCUT2D eigenvalue weighted by atomic mass is 32.1. The van der Waals surface area contributed by atoms with E-state index >= 15 is 0 Å². The van der Waals surface area contributed by atoms with E-state index in [1.54, 1.807) is 7.11 Å². The molecule has 2 heterocycles. The number of methoxy groups -OCH3 is 1. The van der Waals surface area contributed by atoms with E-state index in [0.29, 0.717) is 6.61 Å². The number of aromatic nitrogens is 4. The highest BCUT2D eigenvalue weighted by Gasteiger charge is 2.19. The summed E-state index contributed by atoms with van der Waals surface area (Å²) in [5, 5.41) is 8.86. The first-order valence-corrected chi connectivity index (χ1v) is 8.23. The van der Waals surface area contributed by atoms with E-state index in [0.717, 1.165) is 23.1 Å². The Labute approximate surface area is 136 Å². The average Bonchev–Trinajstić information content (AvgIpc) is 3.02. The second-order valence-electron chi connectivity index (χ2n) is 6.41. The van der Waals surface area contributed by atoms with Gasteiger partial charge in [0.05, 0.1) is 23.9 Å². The van der Waals surface area contributed by atoms with E-state index in [9.17, 15) is 0 Å². The van der Waals surface area contributed by atoms with Crippen LogP contribution >= 0.6 is 11.5 Å². The molecule has 2 rings (SSSR count). The third kappa shape index (κ3) is 4.04. The lowest BCUT2D eigenvalue weighted by atomic mass is 10.1. The Morgan fingerprint density at radius 1 is 1.41 bits per heavy atom. The van der Waals surface area contributed by atoms with Crippen molar-refractivity contribution in [3.63, 3.8) is 0 Å². The quantitative estimate of drug-likeness (QED) is 0.884. The summed E-state index contributed by atoms with van der Waals surface area (Å²) in [6, 6.07) is 0.138. The van der Waals surface area contributed by atoms with Crippen LogP contribution in [0.25, 0.3) is 0 Å². The summed E-state index contributed by atoms with van der Waals surface area (Å²) in [6.45, 7) is 11.2. The second-order valence-corrected chi connectivity index (χ2v) is 7.16. The molecule has 0 saturated heterocycles. The van der Waals surface area contributed by atoms with Gasteiger partial charge in [-0.1, -0.05) is 0 Å². The van der Waals surface area contributed by atoms with Gasteiger partial charge < -0.3 is 10.1 Å². The first-order valence-electron chi connectivity index (χ1n) is 7.46. The van der Waals surface area contributed by atoms with Crippen LogP contribution in [-0.4, -0.2) is 32.9 Å². The highest BCUT2D eigenvalue weighted by Crippen LogP contribution is 2.25. The molecule has 0 saturated carbocycles. The molecule has 0 aromatic carbocycles. The van der Waals surface area contributed by atoms with Gasteiger partial charge in [0.2, 0.25) is 5.13 Å². The van der Waals surface area contributed by atoms with Crippen molar-refractivity contribution in [1.82, 2.24) is 19.1 Å². The lowest BCUT2D eigenvalue weighted by Gasteiger charge is -2.19. The molecule has 0 spiro atoms. The van der Waals surface area contributed by atoms with Crippen LogP contribution in [0.3, 0.4) is 0 Å². The van der Waals surface area contributed by atoms with Crippen LogP contribution in [0.4, 0.5) is 5.13 Å². The summed E-state index contributed by atoms with van der Waals surface area (Å²) < 4.78 is 11.4. The van der Waals surface area contributed by atoms with Crippen LogP contribution in [-0.2, 0) is 16.7 Å². The van der Waals surface area contributed by atoms with Crippen molar-refractivity contribution in [3.8, 4) is 0 Å². The lowest BCUT2D eigenvalue weighted by molar-refractivity contribution is 0.201. The summed E-state index contributed by atoms with van der Waals surface area (Å²) >= 11 is 1.39. The number of rotatable bonds is 6. The predicted molar refractivity (Wildman–Crippen MR) is 89.5 cm³/mol. The molecule has 1 N–H and O–H groups in total. The van der Waals surface area contributed by atoms with Crippen molar-refractivity contribution in [2.45, 2.75) is 52.6 Å². The second kappa shape index (κ2) is 6.75. The summed E-state index contributed by atoms with van der Waals surface area (Å²) in [6.07, 6.45) is 2.85. The SMILES string of the molecule is COCCc1nsc(NC(C)c2cn(C(C)(C)C)nc2C)n1. The molecule has 0 aliphatic carbocycles. The van der Waals surface area contributed by atoms with Gasteiger partial charge in [-0.05, 0) is 34.6 Å². The smallest absolute Gasteiger partial charge is 0.203 e. The fourth-order valence-corrected chi connectivity index (χ4v) is 2.81. The highest BCUT2D eigenvalue weighted by molar-refractivity contribution is 7.09. The van der Waals surface area contributed by atoms with Crippen molar-refractivity contribution in [2.75, 3.05) is 19.0 Å². The number of hydrogen-bond donors (Lipinski definition) is 1. The van der Waals surface area contributed by atoms with Crippen molar-refractivity contribution in [2.24, 2.45) is 0 Å². The molecular weight excluding hydrogens is 298 g/mol. The molecular formula is C15H25N5OS. The third-order valence-electron chi connectivity index (χ3n) is 3.43. The van der Waals surface area contributed by atoms with Crippen molar-refractivity contribution < 1.29 is 4.74 Å². The van der Waals surface area contributed by atoms with Crippen LogP contribution in [0.1, 0.15) is 50.8 Å². The summed E-state index contributed by atoms with van der Waals surface area (Å²) in [5.41, 5.74) is 2.21. The molecule has 7 heteroatoms. The predicted octanol–water partition coefficient (Wildman–Crippen LogP) is 3.16. The van der Waals surface area contributed by atoms with E-state index in [-0.39, 0.29) is 11.6 Å². The summed E-state index contributed by atoms with van der Waals surface area (Å²) in [7, 11) is 1.68. The molecule has 0 fully saturated rings. The Balaban J connectivity index is 2.07. The van der Waals surface area contributed by atoms with Gasteiger partial charge in [0.15, 0.2) is 0 Å². The van der Waals surface area contributed by atoms with Crippen LogP contribution in [0.15, 0.2) is 6.20 Å². The molecule has 0 aliphatic rings. The number of ether oxygens (including phenoxy) is 1. The van der Waals surface area contributed by atoms with Crippen LogP contribution in [0.2, 0.25) is 0 Å². The Bertz CT molecular complexity index is 614. The molecule has 22 heavy (non-hydrogen) atoms. The standard InChI is InChI=1S/C15H25N5OS/c1-10(12-9-20(15(3,4)5)18-11(12)2)16-14-17-13(19-22-14)7-8-21-6/h9-10H,7-8H2,1-6H3,(H,16,17,19). The molecule has 2 aromatic heterocycles. The Morgan fingerprint density at radius 3 is 2.73 bits per heavy atom. The summed E-state index contributed by atoms with van der Waals surface area (Å²) in [4.78, 5) is 4.49. The van der Waals surface area contributed by atoms with E-state index < -0.39 is 0 Å². The minimum Gasteiger partial charge on any atom is -0.384 e. The van der Waals surface area contributed by atoms with Crippen molar-refractivity contribution >= 4 is 16.7 Å². The van der Waals surface area contributed by atoms with Crippen LogP contribution in [0, 0.1) is 6.92 Å². The molecule has 0 bridgehead atoms. The normalized spacial score (nSPS) is 13.4. The molecule has 6 nitrogen and oxygen atoms in total. The van der Waals surface area contributed by atoms with Crippen LogP contribution in [0.5, 0.6) is 0 Å². The monoisotopic (exact) mass is 323 g/mol. The molecule has 122 valence electrons. The topological polar surface area (TPSA) is 64.9 Å². The maximum atomic E-state index is 5.05. The van der Waals surface area contributed by atoms with E-state index in [4.69, 9.17) is 4.74 Å². The van der Waals surface area contributed by atoms with Gasteiger partial charge in [-0.3, -0.25) is 4.68 Å². The first-order chi connectivity index (χ1) is 10.3. The van der Waals surface area contributed by atoms with Crippen molar-refractivity contribution in [1.29, 1.82) is 0 Å². The Morgan fingerprint density at radius 2 is 2.14 bits per heavy atom. The fourth-order valence-electron chi connectivity index (χ4n) is 2.11. The molecule has 0 amide bonds. The number of nitrogens with zero attached hydrogens (tertiary/aromatic N) is 4. The Hall–Kier alpha value is -1.47. The van der Waals surface area contributed by atoms with E-state index in [2.05, 4.69) is 53.7 Å². The molecule has 0 radical (unpaired) electrons. The minimum atomic E-state index is -0.0151. The fraction of sp³-hybridized carbons (Fsp3) is 0.667. The largest absolute Gasteiger partial charge is 0.384 e. The minimum absolute atomic E-state index is 0.0151. The zero-order valence-corrected chi connectivity index (χ0v) is 15.0. The lowest BCUT2D eigenvalue weighted by Crippen LogP contribution is -2.22. The Kier molecular flexibility index (Phi) is 5.18. The van der Waals surface area contributed by atoms with Crippen LogP contribution < -0.4 is 5.32 Å². The maximum absolute atomic E-state index is 5.05. The number of hydrogen-bond acceptors (Lipinski definition) is 6. The average molecular weight is 323 g/mol. The van der Waals surface area contributed by atoms with Gasteiger partial charge in [0.1, 0.15) is 5.82 Å². The van der Waals surface area contributed by atoms with E-state index in [1.165, 1.54) is 17.1 Å². The van der Waals surface area contributed by atoms with Gasteiger partial charge in [-0.2, -0.15) is 9.47 Å². The van der Waals surface area contributed by atoms with Gasteiger partial charge in [0, 0.05) is 36.8 Å². The first kappa shape index (κ1) is 16.9.